The molecule has 0 heterocycles. The number of carbonyl (C=O) groups excluding carboxylic acids is 1. The van der Waals surface area contributed by atoms with Crippen LogP contribution < -0.4 is 10.6 Å². The molecule has 2 amide bonds. The van der Waals surface area contributed by atoms with Crippen molar-refractivity contribution in [3.63, 3.8) is 0 Å². The van der Waals surface area contributed by atoms with Gasteiger partial charge in [-0.3, -0.25) is 4.79 Å². The van der Waals surface area contributed by atoms with Crippen LogP contribution in [0.4, 0.5) is 10.5 Å². The number of carbonyl (C=O) groups is 2. The monoisotopic (exact) mass is 294 g/mol. The molecule has 0 aliphatic rings. The summed E-state index contributed by atoms with van der Waals surface area (Å²) in [6.45, 7) is 4.40. The fourth-order valence-corrected chi connectivity index (χ4v) is 1.87. The highest BCUT2D eigenvalue weighted by atomic mass is 16.5. The summed E-state index contributed by atoms with van der Waals surface area (Å²) < 4.78 is 5.07. The second-order valence-electron chi connectivity index (χ2n) is 5.13. The van der Waals surface area contributed by atoms with Crippen molar-refractivity contribution >= 4 is 17.7 Å². The third-order valence-corrected chi connectivity index (χ3v) is 3.07. The number of benzene rings is 1. The standard InChI is InChI=1S/C15H22N2O4/c1-10(2)13(9-21-3)17-15(20)16-12-7-5-4-6-11(12)8-14(18)19/h4-7,10,13H,8-9H2,1-3H3,(H,18,19)(H2,16,17,20). The molecule has 0 bridgehead atoms. The van der Waals surface area contributed by atoms with E-state index < -0.39 is 5.97 Å². The van der Waals surface area contributed by atoms with Crippen molar-refractivity contribution < 1.29 is 19.4 Å². The third kappa shape index (κ3) is 5.83. The van der Waals surface area contributed by atoms with Crippen LogP contribution in [0.3, 0.4) is 0 Å². The molecular weight excluding hydrogens is 272 g/mol. The van der Waals surface area contributed by atoms with E-state index in [1.54, 1.807) is 31.4 Å². The van der Waals surface area contributed by atoms with Gasteiger partial charge in [0.05, 0.1) is 19.1 Å². The maximum Gasteiger partial charge on any atom is 0.319 e. The zero-order valence-electron chi connectivity index (χ0n) is 12.6. The summed E-state index contributed by atoms with van der Waals surface area (Å²) in [5.41, 5.74) is 1.06. The van der Waals surface area contributed by atoms with Crippen molar-refractivity contribution in [1.82, 2.24) is 5.32 Å². The van der Waals surface area contributed by atoms with Gasteiger partial charge in [0.25, 0.3) is 0 Å². The summed E-state index contributed by atoms with van der Waals surface area (Å²) in [4.78, 5) is 22.8. The van der Waals surface area contributed by atoms with E-state index >= 15 is 0 Å². The first-order valence-corrected chi connectivity index (χ1v) is 6.80. The van der Waals surface area contributed by atoms with E-state index in [9.17, 15) is 9.59 Å². The molecule has 1 aromatic carbocycles. The van der Waals surface area contributed by atoms with E-state index in [1.807, 2.05) is 13.8 Å². The molecule has 0 saturated carbocycles. The van der Waals surface area contributed by atoms with Gasteiger partial charge in [0.15, 0.2) is 0 Å². The van der Waals surface area contributed by atoms with E-state index in [0.29, 0.717) is 17.9 Å². The lowest BCUT2D eigenvalue weighted by Crippen LogP contribution is -2.43. The Labute approximate surface area is 124 Å². The Balaban J connectivity index is 2.72. The number of hydrogen-bond acceptors (Lipinski definition) is 3. The van der Waals surface area contributed by atoms with Gasteiger partial charge in [0, 0.05) is 12.8 Å². The zero-order chi connectivity index (χ0) is 15.8. The summed E-state index contributed by atoms with van der Waals surface area (Å²) in [6.07, 6.45) is -0.137. The van der Waals surface area contributed by atoms with Gasteiger partial charge in [0.1, 0.15) is 0 Å². The molecule has 0 radical (unpaired) electrons. The van der Waals surface area contributed by atoms with Gasteiger partial charge >= 0.3 is 12.0 Å². The lowest BCUT2D eigenvalue weighted by atomic mass is 10.1. The Morgan fingerprint density at radius 1 is 1.29 bits per heavy atom. The Hall–Kier alpha value is -2.08. The molecule has 0 saturated heterocycles. The molecule has 0 spiro atoms. The normalized spacial score (nSPS) is 12.0. The van der Waals surface area contributed by atoms with Crippen LogP contribution >= 0.6 is 0 Å². The van der Waals surface area contributed by atoms with Gasteiger partial charge in [-0.1, -0.05) is 32.0 Å². The second-order valence-corrected chi connectivity index (χ2v) is 5.13. The molecule has 21 heavy (non-hydrogen) atoms. The van der Waals surface area contributed by atoms with Crippen LogP contribution in [0.15, 0.2) is 24.3 Å². The number of urea groups is 1. The van der Waals surface area contributed by atoms with Gasteiger partial charge in [-0.05, 0) is 17.5 Å². The Kier molecular flexibility index (Phi) is 6.68. The smallest absolute Gasteiger partial charge is 0.319 e. The van der Waals surface area contributed by atoms with E-state index in [-0.39, 0.29) is 24.4 Å². The lowest BCUT2D eigenvalue weighted by molar-refractivity contribution is -0.136. The minimum absolute atomic E-state index is 0.110. The number of nitrogens with one attached hydrogen (secondary N) is 2. The molecule has 0 fully saturated rings. The first-order valence-electron chi connectivity index (χ1n) is 6.80. The van der Waals surface area contributed by atoms with Crippen molar-refractivity contribution in [3.8, 4) is 0 Å². The number of carboxylic acid groups (broad SMARTS) is 1. The number of para-hydroxylation sites is 1. The van der Waals surface area contributed by atoms with Crippen LogP contribution in [0.25, 0.3) is 0 Å². The lowest BCUT2D eigenvalue weighted by Gasteiger charge is -2.22. The predicted molar refractivity (Wildman–Crippen MR) is 80.4 cm³/mol. The summed E-state index contributed by atoms with van der Waals surface area (Å²) >= 11 is 0. The van der Waals surface area contributed by atoms with Crippen LogP contribution in [0.2, 0.25) is 0 Å². The first-order chi connectivity index (χ1) is 9.93. The summed E-state index contributed by atoms with van der Waals surface area (Å²) in [5, 5.41) is 14.4. The fraction of sp³-hybridized carbons (Fsp3) is 0.467. The Morgan fingerprint density at radius 3 is 2.52 bits per heavy atom. The van der Waals surface area contributed by atoms with E-state index in [2.05, 4.69) is 10.6 Å². The molecule has 116 valence electrons. The second kappa shape index (κ2) is 8.26. The summed E-state index contributed by atoms with van der Waals surface area (Å²) in [5.74, 6) is -0.714. The maximum absolute atomic E-state index is 12.0. The highest BCUT2D eigenvalue weighted by molar-refractivity contribution is 5.91. The van der Waals surface area contributed by atoms with Crippen LogP contribution in [-0.4, -0.2) is 36.9 Å². The van der Waals surface area contributed by atoms with Crippen molar-refractivity contribution in [2.45, 2.75) is 26.3 Å². The van der Waals surface area contributed by atoms with Gasteiger partial charge in [-0.15, -0.1) is 0 Å². The number of methoxy groups -OCH3 is 1. The van der Waals surface area contributed by atoms with E-state index in [1.165, 1.54) is 0 Å². The van der Waals surface area contributed by atoms with Crippen LogP contribution in [0, 0.1) is 5.92 Å². The fourth-order valence-electron chi connectivity index (χ4n) is 1.87. The van der Waals surface area contributed by atoms with Gasteiger partial charge in [-0.2, -0.15) is 0 Å². The third-order valence-electron chi connectivity index (χ3n) is 3.07. The molecular formula is C15H22N2O4. The Bertz CT molecular complexity index is 488. The number of hydrogen-bond donors (Lipinski definition) is 3. The highest BCUT2D eigenvalue weighted by Crippen LogP contribution is 2.15. The minimum atomic E-state index is -0.941. The number of amides is 2. The quantitative estimate of drug-likeness (QED) is 0.718. The number of rotatable bonds is 7. The van der Waals surface area contributed by atoms with Crippen molar-refractivity contribution in [2.75, 3.05) is 19.0 Å². The molecule has 1 unspecified atom stereocenters. The van der Waals surface area contributed by atoms with E-state index in [4.69, 9.17) is 9.84 Å². The first kappa shape index (κ1) is 17.0. The van der Waals surface area contributed by atoms with Crippen LogP contribution in [0.1, 0.15) is 19.4 Å². The number of carboxylic acids is 1. The van der Waals surface area contributed by atoms with Crippen LogP contribution in [0.5, 0.6) is 0 Å². The van der Waals surface area contributed by atoms with E-state index in [0.717, 1.165) is 0 Å². The number of ether oxygens (including phenoxy) is 1. The number of aliphatic carboxylic acids is 1. The maximum atomic E-state index is 12.0. The summed E-state index contributed by atoms with van der Waals surface area (Å²) in [6, 6.07) is 6.36. The molecule has 0 aliphatic carbocycles. The molecule has 6 nitrogen and oxygen atoms in total. The highest BCUT2D eigenvalue weighted by Gasteiger charge is 2.16. The van der Waals surface area contributed by atoms with Crippen molar-refractivity contribution in [3.05, 3.63) is 29.8 Å². The largest absolute Gasteiger partial charge is 0.481 e. The molecule has 6 heteroatoms. The molecule has 1 aromatic rings. The molecule has 3 N–H and O–H groups in total. The van der Waals surface area contributed by atoms with Gasteiger partial charge in [-0.25, -0.2) is 4.79 Å². The SMILES string of the molecule is COCC(NC(=O)Nc1ccccc1CC(=O)O)C(C)C. The molecule has 0 aromatic heterocycles. The average molecular weight is 294 g/mol. The molecule has 0 aliphatic heterocycles. The Morgan fingerprint density at radius 2 is 1.95 bits per heavy atom. The molecule has 1 rings (SSSR count). The topological polar surface area (TPSA) is 87.7 Å². The minimum Gasteiger partial charge on any atom is -0.481 e. The summed E-state index contributed by atoms with van der Waals surface area (Å²) in [7, 11) is 1.58. The van der Waals surface area contributed by atoms with Crippen molar-refractivity contribution in [1.29, 1.82) is 0 Å². The predicted octanol–water partition coefficient (Wildman–Crippen LogP) is 2.11. The van der Waals surface area contributed by atoms with Gasteiger partial charge in [0.2, 0.25) is 0 Å². The number of anilines is 1. The van der Waals surface area contributed by atoms with Crippen LogP contribution in [-0.2, 0) is 16.0 Å². The van der Waals surface area contributed by atoms with Gasteiger partial charge < -0.3 is 20.5 Å². The zero-order valence-corrected chi connectivity index (χ0v) is 12.6. The molecule has 1 atom stereocenters. The van der Waals surface area contributed by atoms with Crippen molar-refractivity contribution in [2.24, 2.45) is 5.92 Å². The average Bonchev–Trinajstić information content (AvgIpc) is 2.39.